The van der Waals surface area contributed by atoms with E-state index in [2.05, 4.69) is 20.6 Å². The molecule has 0 aliphatic carbocycles. The molecule has 1 aromatic heterocycles. The summed E-state index contributed by atoms with van der Waals surface area (Å²) in [6.07, 6.45) is 2.67. The molecule has 25 heavy (non-hydrogen) atoms. The van der Waals surface area contributed by atoms with Gasteiger partial charge in [0.25, 0.3) is 11.5 Å². The van der Waals surface area contributed by atoms with E-state index in [0.29, 0.717) is 30.3 Å². The van der Waals surface area contributed by atoms with E-state index in [0.717, 1.165) is 19.5 Å². The fourth-order valence-corrected chi connectivity index (χ4v) is 3.06. The molecule has 1 atom stereocenters. The van der Waals surface area contributed by atoms with E-state index >= 15 is 0 Å². The van der Waals surface area contributed by atoms with E-state index in [1.165, 1.54) is 18.1 Å². The molecule has 0 saturated carbocycles. The highest BCUT2D eigenvalue weighted by atomic mass is 16.1. The van der Waals surface area contributed by atoms with E-state index in [-0.39, 0.29) is 17.3 Å². The smallest absolute Gasteiger partial charge is 0.252 e. The Morgan fingerprint density at radius 3 is 2.80 bits per heavy atom. The minimum Gasteiger partial charge on any atom is -0.383 e. The molecule has 2 heterocycles. The molecule has 1 aromatic carbocycles. The number of aromatic amines is 1. The molecule has 7 heteroatoms. The number of amides is 1. The van der Waals surface area contributed by atoms with Gasteiger partial charge in [0.1, 0.15) is 11.6 Å². The van der Waals surface area contributed by atoms with Gasteiger partial charge in [-0.25, -0.2) is 4.98 Å². The number of nitrogens with two attached hydrogens (primary N) is 1. The zero-order valence-electron chi connectivity index (χ0n) is 14.0. The Morgan fingerprint density at radius 1 is 1.32 bits per heavy atom. The second-order valence-electron chi connectivity index (χ2n) is 6.38. The summed E-state index contributed by atoms with van der Waals surface area (Å²) in [6.45, 7) is 2.54. The van der Waals surface area contributed by atoms with Crippen molar-refractivity contribution >= 4 is 11.7 Å². The Morgan fingerprint density at radius 2 is 2.12 bits per heavy atom. The number of hydrogen-bond acceptors (Lipinski definition) is 5. The molecule has 1 fully saturated rings. The summed E-state index contributed by atoms with van der Waals surface area (Å²) in [5.74, 6) is 1.19. The van der Waals surface area contributed by atoms with Crippen molar-refractivity contribution in [3.05, 3.63) is 57.6 Å². The molecule has 0 bridgehead atoms. The van der Waals surface area contributed by atoms with Crippen LogP contribution in [0.25, 0.3) is 0 Å². The van der Waals surface area contributed by atoms with Crippen LogP contribution in [0.1, 0.15) is 28.2 Å². The van der Waals surface area contributed by atoms with Crippen molar-refractivity contribution < 1.29 is 4.79 Å². The highest BCUT2D eigenvalue weighted by molar-refractivity contribution is 5.94. The first-order valence-corrected chi connectivity index (χ1v) is 8.54. The Bertz CT molecular complexity index is 779. The molecule has 2 aromatic rings. The number of anilines is 1. The minimum atomic E-state index is -0.290. The van der Waals surface area contributed by atoms with Crippen LogP contribution in [0.3, 0.4) is 0 Å². The van der Waals surface area contributed by atoms with Gasteiger partial charge in [-0.15, -0.1) is 0 Å². The molecular formula is C18H23N5O2. The van der Waals surface area contributed by atoms with Crippen LogP contribution in [-0.4, -0.2) is 35.5 Å². The van der Waals surface area contributed by atoms with Gasteiger partial charge >= 0.3 is 0 Å². The molecule has 1 aliphatic rings. The molecule has 1 unspecified atom stereocenters. The predicted octanol–water partition coefficient (Wildman–Crippen LogP) is 0.477. The molecule has 7 nitrogen and oxygen atoms in total. The van der Waals surface area contributed by atoms with Gasteiger partial charge in [0.2, 0.25) is 0 Å². The number of rotatable bonds is 6. The van der Waals surface area contributed by atoms with Crippen LogP contribution in [0, 0.1) is 5.92 Å². The molecule has 1 aliphatic heterocycles. The molecule has 132 valence electrons. The molecule has 0 spiro atoms. The molecule has 0 radical (unpaired) electrons. The predicted molar refractivity (Wildman–Crippen MR) is 96.4 cm³/mol. The average molecular weight is 341 g/mol. The monoisotopic (exact) mass is 341 g/mol. The first-order valence-electron chi connectivity index (χ1n) is 8.54. The zero-order chi connectivity index (χ0) is 17.6. The normalized spacial score (nSPS) is 16.7. The van der Waals surface area contributed by atoms with Crippen LogP contribution in [0.2, 0.25) is 0 Å². The standard InChI is InChI=1S/C18H23N5O2/c19-15-10-17(24)23-16(22-15)6-8-21-18(25)14-3-1-12(2-4-14)9-13-5-7-20-11-13/h1-4,10,13,20H,5-9,11H2,(H,21,25)(H3,19,22,23,24). The first kappa shape index (κ1) is 17.2. The lowest BCUT2D eigenvalue weighted by Gasteiger charge is -2.09. The summed E-state index contributed by atoms with van der Waals surface area (Å²) >= 11 is 0. The summed E-state index contributed by atoms with van der Waals surface area (Å²) in [6, 6.07) is 8.97. The van der Waals surface area contributed by atoms with Crippen molar-refractivity contribution in [2.45, 2.75) is 19.3 Å². The average Bonchev–Trinajstić information content (AvgIpc) is 3.07. The SMILES string of the molecule is Nc1cc(=O)[nH]c(CCNC(=O)c2ccc(CC3CCNC3)cc2)n1. The Kier molecular flexibility index (Phi) is 5.45. The van der Waals surface area contributed by atoms with Crippen molar-refractivity contribution in [1.29, 1.82) is 0 Å². The number of aromatic nitrogens is 2. The first-order chi connectivity index (χ1) is 12.1. The Hall–Kier alpha value is -2.67. The molecular weight excluding hydrogens is 318 g/mol. The highest BCUT2D eigenvalue weighted by Crippen LogP contribution is 2.15. The van der Waals surface area contributed by atoms with Gasteiger partial charge < -0.3 is 21.4 Å². The number of hydrogen-bond donors (Lipinski definition) is 4. The third kappa shape index (κ3) is 4.90. The summed E-state index contributed by atoms with van der Waals surface area (Å²) in [5.41, 5.74) is 7.13. The quantitative estimate of drug-likeness (QED) is 0.610. The maximum atomic E-state index is 12.2. The van der Waals surface area contributed by atoms with Crippen molar-refractivity contribution in [2.75, 3.05) is 25.4 Å². The van der Waals surface area contributed by atoms with Crippen LogP contribution in [0.4, 0.5) is 5.82 Å². The molecule has 1 amide bonds. The van der Waals surface area contributed by atoms with Crippen LogP contribution in [-0.2, 0) is 12.8 Å². The van der Waals surface area contributed by atoms with E-state index in [1.54, 1.807) is 0 Å². The summed E-state index contributed by atoms with van der Waals surface area (Å²) < 4.78 is 0. The van der Waals surface area contributed by atoms with Gasteiger partial charge in [-0.3, -0.25) is 9.59 Å². The van der Waals surface area contributed by atoms with Gasteiger partial charge in [0, 0.05) is 24.6 Å². The topological polar surface area (TPSA) is 113 Å². The number of carbonyl (C=O) groups is 1. The van der Waals surface area contributed by atoms with Crippen molar-refractivity contribution in [2.24, 2.45) is 5.92 Å². The second-order valence-corrected chi connectivity index (χ2v) is 6.38. The van der Waals surface area contributed by atoms with Crippen LogP contribution in [0.5, 0.6) is 0 Å². The third-order valence-corrected chi connectivity index (χ3v) is 4.36. The van der Waals surface area contributed by atoms with E-state index in [9.17, 15) is 9.59 Å². The second kappa shape index (κ2) is 7.94. The fourth-order valence-electron chi connectivity index (χ4n) is 3.06. The van der Waals surface area contributed by atoms with E-state index in [4.69, 9.17) is 5.73 Å². The Balaban J connectivity index is 1.49. The Labute approximate surface area is 146 Å². The summed E-state index contributed by atoms with van der Waals surface area (Å²) in [4.78, 5) is 30.1. The highest BCUT2D eigenvalue weighted by Gasteiger charge is 2.15. The number of carbonyl (C=O) groups excluding carboxylic acids is 1. The van der Waals surface area contributed by atoms with E-state index < -0.39 is 0 Å². The van der Waals surface area contributed by atoms with Crippen molar-refractivity contribution in [3.8, 4) is 0 Å². The lowest BCUT2D eigenvalue weighted by Crippen LogP contribution is -2.27. The van der Waals surface area contributed by atoms with Crippen LogP contribution < -0.4 is 21.9 Å². The molecule has 5 N–H and O–H groups in total. The minimum absolute atomic E-state index is 0.139. The summed E-state index contributed by atoms with van der Waals surface area (Å²) in [7, 11) is 0. The fraction of sp³-hybridized carbons (Fsp3) is 0.389. The largest absolute Gasteiger partial charge is 0.383 e. The van der Waals surface area contributed by atoms with Gasteiger partial charge in [-0.2, -0.15) is 0 Å². The van der Waals surface area contributed by atoms with Crippen molar-refractivity contribution in [1.82, 2.24) is 20.6 Å². The maximum absolute atomic E-state index is 12.2. The van der Waals surface area contributed by atoms with E-state index in [1.807, 2.05) is 24.3 Å². The van der Waals surface area contributed by atoms with Crippen molar-refractivity contribution in [3.63, 3.8) is 0 Å². The zero-order valence-corrected chi connectivity index (χ0v) is 14.0. The maximum Gasteiger partial charge on any atom is 0.252 e. The number of nitrogens with zero attached hydrogens (tertiary/aromatic N) is 1. The number of nitrogen functional groups attached to an aromatic ring is 1. The van der Waals surface area contributed by atoms with Crippen LogP contribution in [0.15, 0.2) is 35.1 Å². The summed E-state index contributed by atoms with van der Waals surface area (Å²) in [5, 5.41) is 6.19. The number of H-pyrrole nitrogens is 1. The van der Waals surface area contributed by atoms with Gasteiger partial charge in [0.05, 0.1) is 0 Å². The van der Waals surface area contributed by atoms with Gasteiger partial charge in [0.15, 0.2) is 0 Å². The van der Waals surface area contributed by atoms with Gasteiger partial charge in [-0.1, -0.05) is 12.1 Å². The lowest BCUT2D eigenvalue weighted by atomic mass is 9.98. The van der Waals surface area contributed by atoms with Crippen LogP contribution >= 0.6 is 0 Å². The molecule has 3 rings (SSSR count). The number of nitrogens with one attached hydrogen (secondary N) is 3. The third-order valence-electron chi connectivity index (χ3n) is 4.36. The van der Waals surface area contributed by atoms with Gasteiger partial charge in [-0.05, 0) is 49.5 Å². The lowest BCUT2D eigenvalue weighted by molar-refractivity contribution is 0.0954. The molecule has 1 saturated heterocycles. The number of benzene rings is 1.